The van der Waals surface area contributed by atoms with E-state index in [1.165, 1.54) is 18.2 Å². The second kappa shape index (κ2) is 8.52. The van der Waals surface area contributed by atoms with Crippen LogP contribution in [0.1, 0.15) is 6.92 Å². The smallest absolute Gasteiger partial charge is 0.411 e. The number of halogens is 1. The average molecular weight is 332 g/mol. The van der Waals surface area contributed by atoms with E-state index < -0.39 is 17.8 Å². The highest BCUT2D eigenvalue weighted by atomic mass is 19.1. The maximum Gasteiger partial charge on any atom is 0.411 e. The molecule has 0 aliphatic rings. The van der Waals surface area contributed by atoms with E-state index in [2.05, 4.69) is 10.6 Å². The highest BCUT2D eigenvalue weighted by molar-refractivity contribution is 5.91. The minimum atomic E-state index is -0.571. The Hall–Kier alpha value is -3.09. The lowest BCUT2D eigenvalue weighted by Gasteiger charge is -2.09. The van der Waals surface area contributed by atoms with Crippen LogP contribution in [0.5, 0.6) is 5.75 Å². The van der Waals surface area contributed by atoms with Crippen molar-refractivity contribution < 1.29 is 23.5 Å². The fraction of sp³-hybridized carbons (Fsp3) is 0.176. The van der Waals surface area contributed by atoms with Gasteiger partial charge in [-0.15, -0.1) is 0 Å². The normalized spacial score (nSPS) is 9.92. The van der Waals surface area contributed by atoms with Gasteiger partial charge in [0.15, 0.2) is 6.61 Å². The lowest BCUT2D eigenvalue weighted by Crippen LogP contribution is -2.20. The Bertz CT molecular complexity index is 721. The van der Waals surface area contributed by atoms with Gasteiger partial charge in [-0.25, -0.2) is 9.18 Å². The van der Waals surface area contributed by atoms with Crippen molar-refractivity contribution in [3.8, 4) is 5.75 Å². The molecule has 2 aromatic rings. The number of carbonyl (C=O) groups is 2. The summed E-state index contributed by atoms with van der Waals surface area (Å²) in [6, 6.07) is 12.1. The van der Waals surface area contributed by atoms with Gasteiger partial charge in [0, 0.05) is 17.4 Å². The molecule has 0 radical (unpaired) electrons. The molecule has 126 valence electrons. The maximum absolute atomic E-state index is 13.0. The Kier molecular flexibility index (Phi) is 6.13. The molecule has 0 atom stereocenters. The van der Waals surface area contributed by atoms with E-state index in [1.807, 2.05) is 0 Å². The number of hydrogen-bond donors (Lipinski definition) is 2. The van der Waals surface area contributed by atoms with Crippen LogP contribution in [-0.4, -0.2) is 25.2 Å². The van der Waals surface area contributed by atoms with Crippen molar-refractivity contribution in [2.24, 2.45) is 0 Å². The SMILES string of the molecule is CCOC(=O)Nc1cccc(OCC(=O)Nc2cccc(F)c2)c1. The first kappa shape index (κ1) is 17.3. The molecule has 0 spiro atoms. The largest absolute Gasteiger partial charge is 0.484 e. The van der Waals surface area contributed by atoms with E-state index in [0.29, 0.717) is 17.1 Å². The monoisotopic (exact) mass is 332 g/mol. The van der Waals surface area contributed by atoms with Crippen molar-refractivity contribution in [2.45, 2.75) is 6.92 Å². The average Bonchev–Trinajstić information content (AvgIpc) is 2.53. The molecule has 2 N–H and O–H groups in total. The first-order chi connectivity index (χ1) is 11.6. The fourth-order valence-corrected chi connectivity index (χ4v) is 1.86. The molecule has 0 heterocycles. The molecular weight excluding hydrogens is 315 g/mol. The molecule has 6 nitrogen and oxygen atoms in total. The maximum atomic E-state index is 13.0. The van der Waals surface area contributed by atoms with Crippen LogP contribution in [0, 0.1) is 5.82 Å². The molecule has 2 amide bonds. The number of anilines is 2. The van der Waals surface area contributed by atoms with Crippen molar-refractivity contribution >= 4 is 23.4 Å². The summed E-state index contributed by atoms with van der Waals surface area (Å²) < 4.78 is 23.2. The predicted octanol–water partition coefficient (Wildman–Crippen LogP) is 3.41. The predicted molar refractivity (Wildman–Crippen MR) is 87.6 cm³/mol. The molecule has 24 heavy (non-hydrogen) atoms. The third-order valence-corrected chi connectivity index (χ3v) is 2.83. The Labute approximate surface area is 138 Å². The van der Waals surface area contributed by atoms with Crippen molar-refractivity contribution in [1.82, 2.24) is 0 Å². The Morgan fingerprint density at radius 1 is 1.04 bits per heavy atom. The van der Waals surface area contributed by atoms with Crippen molar-refractivity contribution in [3.63, 3.8) is 0 Å². The second-order valence-electron chi connectivity index (χ2n) is 4.72. The van der Waals surface area contributed by atoms with E-state index in [-0.39, 0.29) is 13.2 Å². The van der Waals surface area contributed by atoms with Gasteiger partial charge in [0.25, 0.3) is 5.91 Å². The van der Waals surface area contributed by atoms with Gasteiger partial charge in [-0.1, -0.05) is 12.1 Å². The zero-order valence-electron chi connectivity index (χ0n) is 13.0. The van der Waals surface area contributed by atoms with Gasteiger partial charge in [-0.2, -0.15) is 0 Å². The molecule has 0 saturated heterocycles. The van der Waals surface area contributed by atoms with Gasteiger partial charge < -0.3 is 14.8 Å². The van der Waals surface area contributed by atoms with Gasteiger partial charge in [0.1, 0.15) is 11.6 Å². The van der Waals surface area contributed by atoms with Crippen LogP contribution in [0.2, 0.25) is 0 Å². The van der Waals surface area contributed by atoms with Gasteiger partial charge in [-0.3, -0.25) is 10.1 Å². The van der Waals surface area contributed by atoms with Crippen LogP contribution < -0.4 is 15.4 Å². The molecule has 0 unspecified atom stereocenters. The highest BCUT2D eigenvalue weighted by Gasteiger charge is 2.06. The number of amides is 2. The van der Waals surface area contributed by atoms with Gasteiger partial charge in [0.2, 0.25) is 0 Å². The number of nitrogens with one attached hydrogen (secondary N) is 2. The first-order valence-corrected chi connectivity index (χ1v) is 7.29. The third-order valence-electron chi connectivity index (χ3n) is 2.83. The van der Waals surface area contributed by atoms with Crippen LogP contribution in [0.4, 0.5) is 20.6 Å². The lowest BCUT2D eigenvalue weighted by molar-refractivity contribution is -0.118. The Morgan fingerprint density at radius 3 is 2.46 bits per heavy atom. The molecule has 0 aromatic heterocycles. The molecule has 0 aliphatic carbocycles. The van der Waals surface area contributed by atoms with E-state index in [4.69, 9.17) is 9.47 Å². The molecule has 2 rings (SSSR count). The third kappa shape index (κ3) is 5.60. The summed E-state index contributed by atoms with van der Waals surface area (Å²) in [6.07, 6.45) is -0.571. The summed E-state index contributed by atoms with van der Waals surface area (Å²) >= 11 is 0. The summed E-state index contributed by atoms with van der Waals surface area (Å²) in [5, 5.41) is 5.06. The number of benzene rings is 2. The summed E-state index contributed by atoms with van der Waals surface area (Å²) in [4.78, 5) is 23.1. The Morgan fingerprint density at radius 2 is 1.75 bits per heavy atom. The molecule has 0 aliphatic heterocycles. The van der Waals surface area contributed by atoms with Gasteiger partial charge in [-0.05, 0) is 37.3 Å². The summed E-state index contributed by atoms with van der Waals surface area (Å²) in [5.41, 5.74) is 0.831. The molecule has 0 fully saturated rings. The van der Waals surface area contributed by atoms with Crippen LogP contribution in [0.3, 0.4) is 0 Å². The summed E-state index contributed by atoms with van der Waals surface area (Å²) in [6.45, 7) is 1.72. The van der Waals surface area contributed by atoms with Crippen LogP contribution in [-0.2, 0) is 9.53 Å². The molecular formula is C17H17FN2O4. The van der Waals surface area contributed by atoms with Crippen LogP contribution in [0.25, 0.3) is 0 Å². The fourth-order valence-electron chi connectivity index (χ4n) is 1.86. The Balaban J connectivity index is 1.87. The number of carbonyl (C=O) groups excluding carboxylic acids is 2. The second-order valence-corrected chi connectivity index (χ2v) is 4.72. The van der Waals surface area contributed by atoms with Crippen molar-refractivity contribution in [1.29, 1.82) is 0 Å². The van der Waals surface area contributed by atoms with Crippen LogP contribution >= 0.6 is 0 Å². The molecule has 0 saturated carbocycles. The molecule has 0 bridgehead atoms. The van der Waals surface area contributed by atoms with E-state index >= 15 is 0 Å². The van der Waals surface area contributed by atoms with E-state index in [1.54, 1.807) is 37.3 Å². The van der Waals surface area contributed by atoms with Crippen molar-refractivity contribution in [3.05, 3.63) is 54.3 Å². The number of ether oxygens (including phenoxy) is 2. The lowest BCUT2D eigenvalue weighted by atomic mass is 10.3. The first-order valence-electron chi connectivity index (χ1n) is 7.29. The topological polar surface area (TPSA) is 76.7 Å². The molecule has 7 heteroatoms. The number of hydrogen-bond acceptors (Lipinski definition) is 4. The van der Waals surface area contributed by atoms with E-state index in [0.717, 1.165) is 0 Å². The van der Waals surface area contributed by atoms with E-state index in [9.17, 15) is 14.0 Å². The zero-order valence-corrected chi connectivity index (χ0v) is 13.0. The summed E-state index contributed by atoms with van der Waals surface area (Å²) in [5.74, 6) is -0.463. The standard InChI is InChI=1S/C17H17FN2O4/c1-2-23-17(22)20-14-7-4-8-15(10-14)24-11-16(21)19-13-6-3-5-12(18)9-13/h3-10H,2,11H2,1H3,(H,19,21)(H,20,22). The minimum Gasteiger partial charge on any atom is -0.484 e. The minimum absolute atomic E-state index is 0.251. The highest BCUT2D eigenvalue weighted by Crippen LogP contribution is 2.17. The zero-order chi connectivity index (χ0) is 17.4. The number of rotatable bonds is 6. The quantitative estimate of drug-likeness (QED) is 0.850. The van der Waals surface area contributed by atoms with Gasteiger partial charge >= 0.3 is 6.09 Å². The van der Waals surface area contributed by atoms with Crippen LogP contribution in [0.15, 0.2) is 48.5 Å². The molecule has 2 aromatic carbocycles. The van der Waals surface area contributed by atoms with Gasteiger partial charge in [0.05, 0.1) is 6.61 Å². The van der Waals surface area contributed by atoms with Crippen molar-refractivity contribution in [2.75, 3.05) is 23.8 Å². The summed E-state index contributed by atoms with van der Waals surface area (Å²) in [7, 11) is 0.